The molecule has 49 valence electrons. The van der Waals surface area contributed by atoms with Crippen molar-refractivity contribution in [2.45, 2.75) is 12.3 Å². The number of hydrogen-bond acceptors (Lipinski definition) is 0. The van der Waals surface area contributed by atoms with Crippen LogP contribution in [0.4, 0.5) is 17.6 Å². The predicted molar refractivity (Wildman–Crippen MR) is 18.9 cm³/mol. The molecule has 8 heavy (non-hydrogen) atoms. The Hall–Kier alpha value is -0.320. The second-order valence-electron chi connectivity index (χ2n) is 1.24. The van der Waals surface area contributed by atoms with Crippen LogP contribution in [-0.2, 0) is 0 Å². The van der Waals surface area contributed by atoms with Gasteiger partial charge >= 0.3 is 12.3 Å². The first-order valence-electron chi connectivity index (χ1n) is 1.81. The second kappa shape index (κ2) is 2.30. The van der Waals surface area contributed by atoms with E-state index in [2.05, 4.69) is 0 Å². The van der Waals surface area contributed by atoms with Gasteiger partial charge in [0, 0.05) is 0 Å². The van der Waals surface area contributed by atoms with E-state index in [9.17, 15) is 17.6 Å². The number of halogens is 4. The minimum Gasteiger partial charge on any atom is -0.251 e. The van der Waals surface area contributed by atoms with Crippen LogP contribution in [0.5, 0.6) is 0 Å². The highest BCUT2D eigenvalue weighted by molar-refractivity contribution is 4.67. The van der Waals surface area contributed by atoms with Gasteiger partial charge in [-0.3, -0.25) is 5.73 Å². The van der Waals surface area contributed by atoms with Crippen LogP contribution >= 0.6 is 0 Å². The van der Waals surface area contributed by atoms with Gasteiger partial charge in [0.1, 0.15) is 0 Å². The van der Waals surface area contributed by atoms with Gasteiger partial charge in [0.15, 0.2) is 0 Å². The van der Waals surface area contributed by atoms with Crippen LogP contribution in [0.1, 0.15) is 0 Å². The molecule has 0 aliphatic heterocycles. The van der Waals surface area contributed by atoms with Gasteiger partial charge in [-0.15, -0.1) is 0 Å². The molecular weight excluding hydrogens is 126 g/mol. The van der Waals surface area contributed by atoms with Crippen molar-refractivity contribution in [1.82, 2.24) is 5.73 Å². The molecule has 0 aromatic heterocycles. The Bertz CT molecular complexity index is 71.7. The van der Waals surface area contributed by atoms with Gasteiger partial charge in [-0.1, -0.05) is 0 Å². The van der Waals surface area contributed by atoms with E-state index >= 15 is 0 Å². The molecule has 0 aromatic rings. The molecule has 0 heterocycles. The van der Waals surface area contributed by atoms with Crippen LogP contribution in [-0.4, -0.2) is 18.9 Å². The molecule has 1 N–H and O–H groups in total. The zero-order valence-corrected chi connectivity index (χ0v) is 3.80. The van der Waals surface area contributed by atoms with Crippen molar-refractivity contribution in [3.8, 4) is 0 Å². The predicted octanol–water partition coefficient (Wildman–Crippen LogP) is 1.17. The molecule has 0 atom stereocenters. The highest BCUT2D eigenvalue weighted by Gasteiger charge is 2.38. The fourth-order valence-electron chi connectivity index (χ4n) is 0.0772. The first kappa shape index (κ1) is 7.68. The lowest BCUT2D eigenvalue weighted by molar-refractivity contribution is -0.121. The van der Waals surface area contributed by atoms with Crippen LogP contribution in [0, 0.1) is 0 Å². The topological polar surface area (TPSA) is 23.8 Å². The van der Waals surface area contributed by atoms with Crippen LogP contribution in [0.3, 0.4) is 0 Å². The lowest BCUT2D eigenvalue weighted by Crippen LogP contribution is -2.31. The summed E-state index contributed by atoms with van der Waals surface area (Å²) in [7, 11) is 0. The molecule has 0 saturated carbocycles. The fraction of sp³-hybridized carbons (Fsp3) is 1.00. The van der Waals surface area contributed by atoms with Crippen LogP contribution in [0.15, 0.2) is 0 Å². The highest BCUT2D eigenvalue weighted by atomic mass is 19.3. The van der Waals surface area contributed by atoms with E-state index in [0.29, 0.717) is 0 Å². The Morgan fingerprint density at radius 3 is 1.75 bits per heavy atom. The average molecular weight is 130 g/mol. The van der Waals surface area contributed by atoms with Gasteiger partial charge in [-0.05, 0) is 0 Å². The summed E-state index contributed by atoms with van der Waals surface area (Å²) < 4.78 is 44.6. The van der Waals surface area contributed by atoms with Crippen molar-refractivity contribution in [2.24, 2.45) is 0 Å². The molecule has 0 aromatic carbocycles. The van der Waals surface area contributed by atoms with E-state index < -0.39 is 18.9 Å². The maximum Gasteiger partial charge on any atom is 0.320 e. The third-order valence-electron chi connectivity index (χ3n) is 0.555. The summed E-state index contributed by atoms with van der Waals surface area (Å²) in [6.45, 7) is -1.55. The van der Waals surface area contributed by atoms with Gasteiger partial charge in [-0.2, -0.15) is 8.78 Å². The van der Waals surface area contributed by atoms with Crippen molar-refractivity contribution in [2.75, 3.05) is 6.54 Å². The Morgan fingerprint density at radius 2 is 1.75 bits per heavy atom. The summed E-state index contributed by atoms with van der Waals surface area (Å²) in [6.07, 6.45) is -3.71. The van der Waals surface area contributed by atoms with Crippen molar-refractivity contribution in [1.29, 1.82) is 0 Å². The molecular formula is C3H4F4N. The summed E-state index contributed by atoms with van der Waals surface area (Å²) in [5, 5.41) is 0. The zero-order chi connectivity index (χ0) is 6.78. The number of rotatable bonds is 2. The minimum atomic E-state index is -4.12. The van der Waals surface area contributed by atoms with Crippen molar-refractivity contribution in [3.05, 3.63) is 0 Å². The maximum absolute atomic E-state index is 11.3. The lowest BCUT2D eigenvalue weighted by Gasteiger charge is -2.09. The Morgan fingerprint density at radius 1 is 1.38 bits per heavy atom. The van der Waals surface area contributed by atoms with Crippen molar-refractivity contribution < 1.29 is 17.6 Å². The van der Waals surface area contributed by atoms with Crippen LogP contribution in [0.25, 0.3) is 0 Å². The monoisotopic (exact) mass is 130 g/mol. The standard InChI is InChI=1S/C3H4F4N/c4-2(5)3(6,7)1-8/h2,8H,1H2. The largest absolute Gasteiger partial charge is 0.320 e. The first-order valence-corrected chi connectivity index (χ1v) is 1.81. The normalized spacial score (nSPS) is 12.8. The van der Waals surface area contributed by atoms with E-state index in [-0.39, 0.29) is 0 Å². The van der Waals surface area contributed by atoms with E-state index in [1.165, 1.54) is 0 Å². The van der Waals surface area contributed by atoms with Crippen LogP contribution in [0.2, 0.25) is 0 Å². The van der Waals surface area contributed by atoms with E-state index in [1.54, 1.807) is 0 Å². The molecule has 0 rings (SSSR count). The van der Waals surface area contributed by atoms with Gasteiger partial charge in [0.05, 0.1) is 6.54 Å². The van der Waals surface area contributed by atoms with Gasteiger partial charge in [0.2, 0.25) is 0 Å². The molecule has 0 aliphatic rings. The third kappa shape index (κ3) is 1.65. The Kier molecular flexibility index (Phi) is 2.21. The van der Waals surface area contributed by atoms with E-state index in [0.717, 1.165) is 0 Å². The third-order valence-corrected chi connectivity index (χ3v) is 0.555. The molecule has 0 amide bonds. The van der Waals surface area contributed by atoms with E-state index in [4.69, 9.17) is 5.73 Å². The minimum absolute atomic E-state index is 1.55. The number of alkyl halides is 4. The quantitative estimate of drug-likeness (QED) is 0.501. The van der Waals surface area contributed by atoms with Crippen LogP contribution < -0.4 is 5.73 Å². The number of hydrogen-bond donors (Lipinski definition) is 0. The fourth-order valence-corrected chi connectivity index (χ4v) is 0.0772. The summed E-state index contributed by atoms with van der Waals surface area (Å²) in [6, 6.07) is 0. The molecule has 0 saturated heterocycles. The molecule has 1 radical (unpaired) electrons. The molecule has 0 fully saturated rings. The van der Waals surface area contributed by atoms with E-state index in [1.807, 2.05) is 0 Å². The van der Waals surface area contributed by atoms with Gasteiger partial charge in [0.25, 0.3) is 0 Å². The summed E-state index contributed by atoms with van der Waals surface area (Å²) in [5.41, 5.74) is 5.91. The second-order valence-corrected chi connectivity index (χ2v) is 1.24. The van der Waals surface area contributed by atoms with Crippen molar-refractivity contribution >= 4 is 0 Å². The molecule has 0 unspecified atom stereocenters. The molecule has 1 nitrogen and oxygen atoms in total. The summed E-state index contributed by atoms with van der Waals surface area (Å²) in [5.74, 6) is -4.12. The summed E-state index contributed by atoms with van der Waals surface area (Å²) >= 11 is 0. The maximum atomic E-state index is 11.3. The van der Waals surface area contributed by atoms with Gasteiger partial charge in [-0.25, -0.2) is 8.78 Å². The highest BCUT2D eigenvalue weighted by Crippen LogP contribution is 2.20. The van der Waals surface area contributed by atoms with Crippen molar-refractivity contribution in [3.63, 3.8) is 0 Å². The molecule has 0 spiro atoms. The average Bonchev–Trinajstić information content (AvgIpc) is 1.67. The lowest BCUT2D eigenvalue weighted by atomic mass is 10.4. The Balaban J connectivity index is 3.71. The first-order chi connectivity index (χ1) is 3.50. The molecule has 0 bridgehead atoms. The Labute approximate surface area is 43.5 Å². The molecule has 5 heteroatoms. The zero-order valence-electron chi connectivity index (χ0n) is 3.80. The smallest absolute Gasteiger partial charge is 0.251 e. The summed E-state index contributed by atoms with van der Waals surface area (Å²) in [4.78, 5) is 0. The molecule has 0 aliphatic carbocycles. The van der Waals surface area contributed by atoms with Gasteiger partial charge < -0.3 is 0 Å². The SMILES string of the molecule is [NH]CC(F)(F)C(F)F. The number of nitrogens with one attached hydrogen (secondary N) is 1.